The molecule has 0 bridgehead atoms. The van der Waals surface area contributed by atoms with Crippen LogP contribution in [0, 0.1) is 5.92 Å². The van der Waals surface area contributed by atoms with Gasteiger partial charge in [-0.15, -0.1) is 0 Å². The van der Waals surface area contributed by atoms with Crippen molar-refractivity contribution in [2.75, 3.05) is 13.2 Å². The minimum absolute atomic E-state index is 0.133. The third kappa shape index (κ3) is 3.14. The van der Waals surface area contributed by atoms with Crippen LogP contribution < -0.4 is 0 Å². The van der Waals surface area contributed by atoms with Gasteiger partial charge in [0.1, 0.15) is 12.2 Å². The first-order valence-corrected chi connectivity index (χ1v) is 7.04. The molecule has 0 aromatic heterocycles. The summed E-state index contributed by atoms with van der Waals surface area (Å²) in [5.41, 5.74) is 0. The molecule has 0 saturated carbocycles. The maximum atomic E-state index is 10.2. The number of rotatable bonds is 3. The first kappa shape index (κ1) is 16.1. The zero-order valence-electron chi connectivity index (χ0n) is 11.5. The molecule has 20 heavy (non-hydrogen) atoms. The summed E-state index contributed by atoms with van der Waals surface area (Å²) in [4.78, 5) is 0. The quantitative estimate of drug-likeness (QED) is 0.408. The molecule has 2 fully saturated rings. The van der Waals surface area contributed by atoms with E-state index in [4.69, 9.17) is 9.47 Å². The van der Waals surface area contributed by atoms with E-state index in [9.17, 15) is 25.5 Å². The van der Waals surface area contributed by atoms with Gasteiger partial charge < -0.3 is 35.0 Å². The normalized spacial score (nSPS) is 50.1. The summed E-state index contributed by atoms with van der Waals surface area (Å²) in [5, 5.41) is 48.4. The van der Waals surface area contributed by atoms with Crippen LogP contribution in [0.25, 0.3) is 0 Å². The van der Waals surface area contributed by atoms with E-state index in [-0.39, 0.29) is 19.1 Å². The van der Waals surface area contributed by atoms with E-state index in [1.807, 2.05) is 6.92 Å². The Morgan fingerprint density at radius 1 is 0.900 bits per heavy atom. The molecule has 0 spiro atoms. The lowest BCUT2D eigenvalue weighted by Crippen LogP contribution is -2.58. The van der Waals surface area contributed by atoms with Crippen molar-refractivity contribution in [3.63, 3.8) is 0 Å². The van der Waals surface area contributed by atoms with Gasteiger partial charge in [-0.25, -0.2) is 0 Å². The van der Waals surface area contributed by atoms with E-state index in [1.54, 1.807) is 0 Å². The van der Waals surface area contributed by atoms with Crippen LogP contribution in [0.15, 0.2) is 0 Å². The lowest BCUT2D eigenvalue weighted by molar-refractivity contribution is -0.236. The van der Waals surface area contributed by atoms with Crippen molar-refractivity contribution in [2.24, 2.45) is 5.92 Å². The van der Waals surface area contributed by atoms with Crippen molar-refractivity contribution in [3.8, 4) is 0 Å². The third-order valence-corrected chi connectivity index (χ3v) is 4.24. The Morgan fingerprint density at radius 2 is 1.55 bits per heavy atom. The van der Waals surface area contributed by atoms with Gasteiger partial charge in [0.05, 0.1) is 43.7 Å². The molecule has 2 aliphatic heterocycles. The standard InChI is InChI=1S/C13H24O7/c1-6-2-7(16)12(10(4-14)19-6)9-3-8(17)13(18)11(5-15)20-9/h6-18H,2-5H2,1H3/t6-,7-,8-,9?,10-,11-,12-,13+/m1/s1. The summed E-state index contributed by atoms with van der Waals surface area (Å²) in [5.74, 6) is -0.493. The molecule has 7 heteroatoms. The maximum absolute atomic E-state index is 10.2. The Kier molecular flexibility index (Phi) is 5.36. The molecule has 2 aliphatic rings. The molecule has 2 heterocycles. The summed E-state index contributed by atoms with van der Waals surface area (Å²) in [6.07, 6.45) is -4.56. The van der Waals surface area contributed by atoms with Gasteiger partial charge in [-0.1, -0.05) is 0 Å². The fourth-order valence-corrected chi connectivity index (χ4v) is 3.23. The maximum Gasteiger partial charge on any atom is 0.109 e. The zero-order valence-corrected chi connectivity index (χ0v) is 11.5. The zero-order chi connectivity index (χ0) is 14.9. The largest absolute Gasteiger partial charge is 0.394 e. The molecular formula is C13H24O7. The number of aliphatic hydroxyl groups is 5. The predicted molar refractivity (Wildman–Crippen MR) is 67.9 cm³/mol. The molecule has 0 aliphatic carbocycles. The van der Waals surface area contributed by atoms with E-state index in [0.29, 0.717) is 6.42 Å². The highest BCUT2D eigenvalue weighted by molar-refractivity contribution is 4.95. The molecule has 0 amide bonds. The average Bonchev–Trinajstić information content (AvgIpc) is 2.41. The second kappa shape index (κ2) is 6.65. The van der Waals surface area contributed by atoms with Crippen molar-refractivity contribution in [1.29, 1.82) is 0 Å². The van der Waals surface area contributed by atoms with Gasteiger partial charge in [-0.2, -0.15) is 0 Å². The molecular weight excluding hydrogens is 268 g/mol. The van der Waals surface area contributed by atoms with E-state index in [2.05, 4.69) is 0 Å². The monoisotopic (exact) mass is 292 g/mol. The molecule has 7 nitrogen and oxygen atoms in total. The van der Waals surface area contributed by atoms with Crippen LogP contribution >= 0.6 is 0 Å². The van der Waals surface area contributed by atoms with Crippen molar-refractivity contribution in [2.45, 2.75) is 62.5 Å². The van der Waals surface area contributed by atoms with E-state index in [0.717, 1.165) is 0 Å². The fraction of sp³-hybridized carbons (Fsp3) is 1.00. The van der Waals surface area contributed by atoms with Gasteiger partial charge in [0.25, 0.3) is 0 Å². The summed E-state index contributed by atoms with van der Waals surface area (Å²) < 4.78 is 11.2. The van der Waals surface area contributed by atoms with Gasteiger partial charge in [0.15, 0.2) is 0 Å². The Bertz CT molecular complexity index is 313. The summed E-state index contributed by atoms with van der Waals surface area (Å²) in [7, 11) is 0. The van der Waals surface area contributed by atoms with Crippen LogP contribution in [0.4, 0.5) is 0 Å². The number of hydrogen-bond acceptors (Lipinski definition) is 7. The van der Waals surface area contributed by atoms with Crippen LogP contribution in [0.2, 0.25) is 0 Å². The highest BCUT2D eigenvalue weighted by atomic mass is 16.5. The van der Waals surface area contributed by atoms with Crippen LogP contribution in [0.3, 0.4) is 0 Å². The molecule has 5 N–H and O–H groups in total. The number of aliphatic hydroxyl groups excluding tert-OH is 5. The molecule has 2 rings (SSSR count). The van der Waals surface area contributed by atoms with Gasteiger partial charge in [-0.05, 0) is 13.3 Å². The Hall–Kier alpha value is -0.280. The molecule has 0 aromatic carbocycles. The summed E-state index contributed by atoms with van der Waals surface area (Å²) >= 11 is 0. The van der Waals surface area contributed by atoms with Crippen molar-refractivity contribution >= 4 is 0 Å². The third-order valence-electron chi connectivity index (χ3n) is 4.24. The van der Waals surface area contributed by atoms with Gasteiger partial charge in [0.2, 0.25) is 0 Å². The van der Waals surface area contributed by atoms with E-state index < -0.39 is 49.1 Å². The van der Waals surface area contributed by atoms with Crippen LogP contribution in [0.1, 0.15) is 19.8 Å². The van der Waals surface area contributed by atoms with Crippen molar-refractivity contribution in [1.82, 2.24) is 0 Å². The summed E-state index contributed by atoms with van der Waals surface area (Å²) in [6.45, 7) is 1.14. The Morgan fingerprint density at radius 3 is 2.15 bits per heavy atom. The molecule has 8 atom stereocenters. The molecule has 1 unspecified atom stereocenters. The second-order valence-electron chi connectivity index (χ2n) is 5.74. The smallest absolute Gasteiger partial charge is 0.109 e. The molecule has 0 aromatic rings. The van der Waals surface area contributed by atoms with Gasteiger partial charge >= 0.3 is 0 Å². The van der Waals surface area contributed by atoms with E-state index in [1.165, 1.54) is 0 Å². The average molecular weight is 292 g/mol. The predicted octanol–water partition coefficient (Wildman–Crippen LogP) is -2.00. The van der Waals surface area contributed by atoms with Crippen LogP contribution in [0.5, 0.6) is 0 Å². The van der Waals surface area contributed by atoms with Gasteiger partial charge in [0, 0.05) is 12.3 Å². The highest BCUT2D eigenvalue weighted by Crippen LogP contribution is 2.34. The fourth-order valence-electron chi connectivity index (χ4n) is 3.23. The van der Waals surface area contributed by atoms with Crippen LogP contribution in [-0.4, -0.2) is 81.5 Å². The molecule has 0 radical (unpaired) electrons. The number of ether oxygens (including phenoxy) is 2. The Balaban J connectivity index is 2.12. The van der Waals surface area contributed by atoms with Crippen molar-refractivity contribution in [3.05, 3.63) is 0 Å². The minimum Gasteiger partial charge on any atom is -0.394 e. The summed E-state index contributed by atoms with van der Waals surface area (Å²) in [6, 6.07) is 0. The Labute approximate surface area is 117 Å². The first-order chi connectivity index (χ1) is 9.47. The molecule has 2 saturated heterocycles. The second-order valence-corrected chi connectivity index (χ2v) is 5.74. The molecule has 118 valence electrons. The van der Waals surface area contributed by atoms with Crippen molar-refractivity contribution < 1.29 is 35.0 Å². The van der Waals surface area contributed by atoms with Gasteiger partial charge in [-0.3, -0.25) is 0 Å². The lowest BCUT2D eigenvalue weighted by Gasteiger charge is -2.46. The minimum atomic E-state index is -1.15. The number of hydrogen-bond donors (Lipinski definition) is 5. The van der Waals surface area contributed by atoms with Crippen LogP contribution in [-0.2, 0) is 9.47 Å². The SMILES string of the molecule is C[C@@H]1C[C@@H](O)[C@H](C2C[C@@H](O)[C@H](O)[C@@H](CO)O2)[C@@H](CO)O1. The highest BCUT2D eigenvalue weighted by Gasteiger charge is 2.46. The first-order valence-electron chi connectivity index (χ1n) is 7.04. The lowest BCUT2D eigenvalue weighted by atomic mass is 9.80. The van der Waals surface area contributed by atoms with E-state index >= 15 is 0 Å². The topological polar surface area (TPSA) is 120 Å².